The molecule has 19 heavy (non-hydrogen) atoms. The molecule has 1 heterocycles. The lowest BCUT2D eigenvalue weighted by molar-refractivity contribution is 0.636. The Morgan fingerprint density at radius 3 is 2.21 bits per heavy atom. The highest BCUT2D eigenvalue weighted by Gasteiger charge is 2.15. The first kappa shape index (κ1) is 14.7. The van der Waals surface area contributed by atoms with E-state index < -0.39 is 0 Å². The molecule has 1 aromatic carbocycles. The molecule has 1 aliphatic rings. The van der Waals surface area contributed by atoms with Crippen molar-refractivity contribution in [1.82, 2.24) is 0 Å². The fraction of sp³-hybridized carbons (Fsp3) is 0.625. The maximum atomic E-state index is 6.11. The van der Waals surface area contributed by atoms with Gasteiger partial charge in [-0.25, -0.2) is 0 Å². The zero-order valence-electron chi connectivity index (χ0n) is 11.9. The highest BCUT2D eigenvalue weighted by atomic mass is 35.5. The predicted molar refractivity (Wildman–Crippen MR) is 84.0 cm³/mol. The summed E-state index contributed by atoms with van der Waals surface area (Å²) in [5, 5.41) is 0.778. The lowest BCUT2D eigenvalue weighted by Gasteiger charge is -2.28. The monoisotopic (exact) mass is 280 g/mol. The molecule has 0 amide bonds. The van der Waals surface area contributed by atoms with E-state index in [1.165, 1.54) is 49.8 Å². The van der Waals surface area contributed by atoms with Crippen LogP contribution in [-0.2, 0) is 0 Å². The maximum Gasteiger partial charge on any atom is 0.0415 e. The van der Waals surface area contributed by atoms with Crippen molar-refractivity contribution < 1.29 is 0 Å². The van der Waals surface area contributed by atoms with E-state index in [4.69, 9.17) is 17.3 Å². The fourth-order valence-corrected chi connectivity index (χ4v) is 3.02. The van der Waals surface area contributed by atoms with Crippen molar-refractivity contribution in [3.05, 3.63) is 28.8 Å². The molecule has 0 aromatic heterocycles. The summed E-state index contributed by atoms with van der Waals surface area (Å²) in [6.45, 7) is 4.31. The van der Waals surface area contributed by atoms with E-state index in [1.54, 1.807) is 0 Å². The number of hydrogen-bond donors (Lipinski definition) is 1. The first-order valence-corrected chi connectivity index (χ1v) is 7.86. The van der Waals surface area contributed by atoms with E-state index in [2.05, 4.69) is 11.0 Å². The predicted octanol–water partition coefficient (Wildman–Crippen LogP) is 4.52. The molecule has 0 aliphatic carbocycles. The van der Waals surface area contributed by atoms with Crippen molar-refractivity contribution in [3.8, 4) is 0 Å². The van der Waals surface area contributed by atoms with Crippen LogP contribution in [0.3, 0.4) is 0 Å². The Hall–Kier alpha value is -0.730. The van der Waals surface area contributed by atoms with Gasteiger partial charge in [0.25, 0.3) is 0 Å². The van der Waals surface area contributed by atoms with E-state index in [-0.39, 0.29) is 6.04 Å². The average molecular weight is 281 g/mol. The van der Waals surface area contributed by atoms with Gasteiger partial charge in [-0.15, -0.1) is 0 Å². The lowest BCUT2D eigenvalue weighted by atomic mass is 10.1. The Morgan fingerprint density at radius 2 is 1.63 bits per heavy atom. The van der Waals surface area contributed by atoms with Crippen LogP contribution in [0.4, 0.5) is 5.69 Å². The molecule has 106 valence electrons. The molecule has 1 atom stereocenters. The molecule has 1 fully saturated rings. The van der Waals surface area contributed by atoms with Gasteiger partial charge in [0.1, 0.15) is 0 Å². The molecule has 1 aromatic rings. The average Bonchev–Trinajstić information content (AvgIpc) is 2.52. The molecule has 0 bridgehead atoms. The molecule has 2 nitrogen and oxygen atoms in total. The molecule has 0 radical (unpaired) electrons. The molecule has 1 aliphatic heterocycles. The summed E-state index contributed by atoms with van der Waals surface area (Å²) >= 11 is 6.11. The Morgan fingerprint density at radius 1 is 1.05 bits per heavy atom. The van der Waals surface area contributed by atoms with Crippen LogP contribution in [0.5, 0.6) is 0 Å². The van der Waals surface area contributed by atoms with Gasteiger partial charge in [-0.05, 0) is 43.5 Å². The van der Waals surface area contributed by atoms with Crippen molar-refractivity contribution in [3.63, 3.8) is 0 Å². The van der Waals surface area contributed by atoms with E-state index in [0.29, 0.717) is 0 Å². The molecule has 3 heteroatoms. The quantitative estimate of drug-likeness (QED) is 0.863. The second kappa shape index (κ2) is 7.16. The van der Waals surface area contributed by atoms with Crippen LogP contribution < -0.4 is 10.6 Å². The summed E-state index contributed by atoms with van der Waals surface area (Å²) in [6, 6.07) is 6.17. The number of hydrogen-bond acceptors (Lipinski definition) is 2. The molecular weight excluding hydrogens is 256 g/mol. The summed E-state index contributed by atoms with van der Waals surface area (Å²) < 4.78 is 0. The number of anilines is 1. The lowest BCUT2D eigenvalue weighted by Crippen LogP contribution is -2.27. The first-order valence-electron chi connectivity index (χ1n) is 7.48. The third-order valence-corrected chi connectivity index (χ3v) is 4.16. The second-order valence-electron chi connectivity index (χ2n) is 5.60. The summed E-state index contributed by atoms with van der Waals surface area (Å²) in [6.07, 6.45) is 8.01. The van der Waals surface area contributed by atoms with Crippen LogP contribution in [-0.4, -0.2) is 13.1 Å². The Bertz CT molecular complexity index is 394. The van der Waals surface area contributed by atoms with Crippen LogP contribution in [0.2, 0.25) is 5.02 Å². The second-order valence-corrected chi connectivity index (χ2v) is 6.04. The number of nitrogens with two attached hydrogens (primary N) is 1. The van der Waals surface area contributed by atoms with Gasteiger partial charge >= 0.3 is 0 Å². The number of rotatable bonds is 2. The van der Waals surface area contributed by atoms with Crippen LogP contribution >= 0.6 is 11.6 Å². The van der Waals surface area contributed by atoms with Gasteiger partial charge < -0.3 is 10.6 Å². The number of halogens is 1. The van der Waals surface area contributed by atoms with Crippen LogP contribution in [0.15, 0.2) is 18.2 Å². The third kappa shape index (κ3) is 4.12. The summed E-state index contributed by atoms with van der Waals surface area (Å²) in [4.78, 5) is 2.50. The van der Waals surface area contributed by atoms with E-state index in [0.717, 1.165) is 18.1 Å². The summed E-state index contributed by atoms with van der Waals surface area (Å²) in [5.41, 5.74) is 8.56. The maximum absolute atomic E-state index is 6.11. The van der Waals surface area contributed by atoms with E-state index in [1.807, 2.05) is 19.1 Å². The molecule has 1 unspecified atom stereocenters. The van der Waals surface area contributed by atoms with Crippen molar-refractivity contribution in [2.24, 2.45) is 5.73 Å². The minimum absolute atomic E-state index is 0.0290. The zero-order chi connectivity index (χ0) is 13.7. The van der Waals surface area contributed by atoms with Gasteiger partial charge in [0, 0.05) is 29.8 Å². The zero-order valence-corrected chi connectivity index (χ0v) is 12.6. The van der Waals surface area contributed by atoms with Crippen molar-refractivity contribution in [1.29, 1.82) is 0 Å². The van der Waals surface area contributed by atoms with Crippen LogP contribution in [0.25, 0.3) is 0 Å². The van der Waals surface area contributed by atoms with Crippen molar-refractivity contribution in [2.75, 3.05) is 18.0 Å². The van der Waals surface area contributed by atoms with E-state index >= 15 is 0 Å². The Kier molecular flexibility index (Phi) is 5.53. The van der Waals surface area contributed by atoms with Crippen molar-refractivity contribution >= 4 is 17.3 Å². The van der Waals surface area contributed by atoms with Crippen LogP contribution in [0, 0.1) is 0 Å². The molecular formula is C16H25ClN2. The van der Waals surface area contributed by atoms with Gasteiger partial charge in [-0.1, -0.05) is 37.3 Å². The standard InChI is InChI=1S/C16H25ClN2/c1-13(18)15-12-14(17)8-9-16(15)19-10-6-4-2-3-5-7-11-19/h8-9,12-13H,2-7,10-11,18H2,1H3. The summed E-state index contributed by atoms with van der Waals surface area (Å²) in [7, 11) is 0. The molecule has 1 saturated heterocycles. The van der Waals surface area contributed by atoms with Gasteiger partial charge in [0.15, 0.2) is 0 Å². The van der Waals surface area contributed by atoms with Gasteiger partial charge in [0.2, 0.25) is 0 Å². The third-order valence-electron chi connectivity index (χ3n) is 3.93. The largest absolute Gasteiger partial charge is 0.371 e. The highest BCUT2D eigenvalue weighted by molar-refractivity contribution is 6.30. The highest BCUT2D eigenvalue weighted by Crippen LogP contribution is 2.29. The number of benzene rings is 1. The Balaban J connectivity index is 2.22. The number of nitrogens with zero attached hydrogens (tertiary/aromatic N) is 1. The van der Waals surface area contributed by atoms with Crippen molar-refractivity contribution in [2.45, 2.75) is 51.5 Å². The Labute approximate surface area is 121 Å². The first-order chi connectivity index (χ1) is 9.18. The van der Waals surface area contributed by atoms with E-state index in [9.17, 15) is 0 Å². The SMILES string of the molecule is CC(N)c1cc(Cl)ccc1N1CCCCCCCC1. The smallest absolute Gasteiger partial charge is 0.0415 e. The fourth-order valence-electron chi connectivity index (χ4n) is 2.84. The normalized spacial score (nSPS) is 19.4. The molecule has 0 saturated carbocycles. The topological polar surface area (TPSA) is 29.3 Å². The minimum atomic E-state index is 0.0290. The minimum Gasteiger partial charge on any atom is -0.371 e. The van der Waals surface area contributed by atoms with Gasteiger partial charge in [-0.3, -0.25) is 0 Å². The molecule has 2 N–H and O–H groups in total. The molecule has 2 rings (SSSR count). The van der Waals surface area contributed by atoms with Gasteiger partial charge in [0.05, 0.1) is 0 Å². The van der Waals surface area contributed by atoms with Crippen LogP contribution in [0.1, 0.15) is 57.1 Å². The van der Waals surface area contributed by atoms with Gasteiger partial charge in [-0.2, -0.15) is 0 Å². The summed E-state index contributed by atoms with van der Waals surface area (Å²) in [5.74, 6) is 0. The molecule has 0 spiro atoms.